The molecule has 0 aliphatic heterocycles. The minimum Gasteiger partial charge on any atom is -0.346 e. The number of aromatic nitrogens is 2. The number of nitrogens with zero attached hydrogens (tertiary/aromatic N) is 1. The van der Waals surface area contributed by atoms with Gasteiger partial charge in [0.15, 0.2) is 23.3 Å². The van der Waals surface area contributed by atoms with Gasteiger partial charge in [-0.15, -0.1) is 0 Å². The molecule has 136 valence electrons. The van der Waals surface area contributed by atoms with E-state index in [-0.39, 0.29) is 0 Å². The van der Waals surface area contributed by atoms with E-state index in [1.54, 1.807) is 31.2 Å². The van der Waals surface area contributed by atoms with Crippen LogP contribution in [0.5, 0.6) is 0 Å². The lowest BCUT2D eigenvalue weighted by Gasteiger charge is -2.13. The summed E-state index contributed by atoms with van der Waals surface area (Å²) in [6.07, 6.45) is -1.00. The van der Waals surface area contributed by atoms with Crippen molar-refractivity contribution in [2.24, 2.45) is 0 Å². The highest BCUT2D eigenvalue weighted by molar-refractivity contribution is 5.79. The number of nitrogens with one attached hydrogen (secondary N) is 2. The van der Waals surface area contributed by atoms with Crippen LogP contribution in [0.2, 0.25) is 0 Å². The molecule has 3 aromatic rings. The van der Waals surface area contributed by atoms with Crippen molar-refractivity contribution in [3.05, 3.63) is 64.7 Å². The number of H-pyrrole nitrogens is 1. The van der Waals surface area contributed by atoms with Crippen LogP contribution in [-0.2, 0) is 11.2 Å². The SMILES string of the molecule is C[C@H](NC(=O)Cc1c(F)c(F)c(F)c(F)c1F)c1nc2ccccc2[nH]1. The minimum absolute atomic E-state index is 0.386. The smallest absolute Gasteiger partial charge is 0.225 e. The van der Waals surface area contributed by atoms with E-state index in [0.29, 0.717) is 11.3 Å². The maximum atomic E-state index is 13.6. The van der Waals surface area contributed by atoms with E-state index in [1.165, 1.54) is 0 Å². The number of carbonyl (C=O) groups excluding carboxylic acids is 1. The van der Waals surface area contributed by atoms with Crippen molar-refractivity contribution in [2.75, 3.05) is 0 Å². The highest BCUT2D eigenvalue weighted by atomic mass is 19.2. The number of para-hydroxylation sites is 2. The summed E-state index contributed by atoms with van der Waals surface area (Å²) in [5.74, 6) is -11.0. The second kappa shape index (κ2) is 6.74. The first-order valence-corrected chi connectivity index (χ1v) is 7.54. The van der Waals surface area contributed by atoms with E-state index in [2.05, 4.69) is 15.3 Å². The number of fused-ring (bicyclic) bond motifs is 1. The Morgan fingerprint density at radius 1 is 1.04 bits per heavy atom. The van der Waals surface area contributed by atoms with Crippen LogP contribution in [-0.4, -0.2) is 15.9 Å². The Balaban J connectivity index is 1.79. The molecule has 1 atom stereocenters. The van der Waals surface area contributed by atoms with Gasteiger partial charge in [0, 0.05) is 5.56 Å². The zero-order valence-corrected chi connectivity index (χ0v) is 13.3. The normalized spacial score (nSPS) is 12.4. The van der Waals surface area contributed by atoms with Crippen molar-refractivity contribution in [2.45, 2.75) is 19.4 Å². The van der Waals surface area contributed by atoms with Crippen LogP contribution < -0.4 is 5.32 Å². The number of benzene rings is 2. The molecule has 1 aromatic heterocycles. The predicted octanol–water partition coefficient (Wildman–Crippen LogP) is 3.68. The van der Waals surface area contributed by atoms with Crippen molar-refractivity contribution in [3.63, 3.8) is 0 Å². The van der Waals surface area contributed by atoms with Crippen LogP contribution in [0, 0.1) is 29.1 Å². The van der Waals surface area contributed by atoms with Gasteiger partial charge >= 0.3 is 0 Å². The quantitative estimate of drug-likeness (QED) is 0.419. The molecule has 0 saturated carbocycles. The first kappa shape index (κ1) is 17.8. The van der Waals surface area contributed by atoms with Crippen LogP contribution in [0.1, 0.15) is 24.4 Å². The predicted molar refractivity (Wildman–Crippen MR) is 82.6 cm³/mol. The molecule has 2 aromatic carbocycles. The van der Waals surface area contributed by atoms with Crippen LogP contribution >= 0.6 is 0 Å². The monoisotopic (exact) mass is 369 g/mol. The molecule has 9 heteroatoms. The van der Waals surface area contributed by atoms with Crippen molar-refractivity contribution >= 4 is 16.9 Å². The molecular weight excluding hydrogens is 357 g/mol. The fraction of sp³-hybridized carbons (Fsp3) is 0.176. The lowest BCUT2D eigenvalue weighted by molar-refractivity contribution is -0.121. The Labute approximate surface area is 144 Å². The summed E-state index contributed by atoms with van der Waals surface area (Å²) in [6.45, 7) is 1.56. The fourth-order valence-electron chi connectivity index (χ4n) is 2.50. The standard InChI is InChI=1S/C17H12F5N3O/c1-7(17-24-9-4-2-3-5-10(9)25-17)23-11(26)6-8-12(18)14(20)16(22)15(21)13(8)19/h2-5,7H,6H2,1H3,(H,23,26)(H,24,25)/t7-/m0/s1. The van der Waals surface area contributed by atoms with Gasteiger partial charge < -0.3 is 10.3 Å². The van der Waals surface area contributed by atoms with Gasteiger partial charge in [-0.1, -0.05) is 12.1 Å². The number of rotatable bonds is 4. The summed E-state index contributed by atoms with van der Waals surface area (Å²) >= 11 is 0. The molecule has 1 heterocycles. The van der Waals surface area contributed by atoms with Gasteiger partial charge in [0.05, 0.1) is 23.5 Å². The fourth-order valence-corrected chi connectivity index (χ4v) is 2.50. The van der Waals surface area contributed by atoms with Crippen molar-refractivity contribution < 1.29 is 26.7 Å². The number of carbonyl (C=O) groups is 1. The number of hydrogen-bond acceptors (Lipinski definition) is 2. The van der Waals surface area contributed by atoms with Gasteiger partial charge in [-0.2, -0.15) is 0 Å². The van der Waals surface area contributed by atoms with E-state index in [1.807, 2.05) is 0 Å². The van der Waals surface area contributed by atoms with Gasteiger partial charge in [-0.05, 0) is 19.1 Å². The molecule has 0 radical (unpaired) electrons. The van der Waals surface area contributed by atoms with Gasteiger partial charge in [0.25, 0.3) is 0 Å². The highest BCUT2D eigenvalue weighted by Crippen LogP contribution is 2.23. The molecule has 2 N–H and O–H groups in total. The molecule has 0 saturated heterocycles. The Kier molecular flexibility index (Phi) is 4.62. The summed E-state index contributed by atoms with van der Waals surface area (Å²) in [6, 6.07) is 6.42. The number of hydrogen-bond donors (Lipinski definition) is 2. The van der Waals surface area contributed by atoms with Gasteiger partial charge in [0.2, 0.25) is 11.7 Å². The summed E-state index contributed by atoms with van der Waals surface area (Å²) in [5, 5.41) is 2.41. The third-order valence-electron chi connectivity index (χ3n) is 3.83. The summed E-state index contributed by atoms with van der Waals surface area (Å²) < 4.78 is 66.7. The van der Waals surface area contributed by atoms with Crippen molar-refractivity contribution in [3.8, 4) is 0 Å². The largest absolute Gasteiger partial charge is 0.346 e. The second-order valence-electron chi connectivity index (χ2n) is 5.65. The molecule has 1 amide bonds. The molecule has 0 aliphatic rings. The number of halogens is 5. The Hall–Kier alpha value is -2.97. The molecular formula is C17H12F5N3O. The lowest BCUT2D eigenvalue weighted by Crippen LogP contribution is -2.29. The molecule has 3 rings (SSSR count). The second-order valence-corrected chi connectivity index (χ2v) is 5.65. The Morgan fingerprint density at radius 2 is 1.62 bits per heavy atom. The van der Waals surface area contributed by atoms with E-state index < -0.39 is 53.0 Å². The number of aromatic amines is 1. The van der Waals surface area contributed by atoms with Crippen LogP contribution in [0.15, 0.2) is 24.3 Å². The van der Waals surface area contributed by atoms with Gasteiger partial charge in [0.1, 0.15) is 5.82 Å². The maximum absolute atomic E-state index is 13.6. The molecule has 4 nitrogen and oxygen atoms in total. The highest BCUT2D eigenvalue weighted by Gasteiger charge is 2.27. The van der Waals surface area contributed by atoms with Gasteiger partial charge in [-0.25, -0.2) is 26.9 Å². The van der Waals surface area contributed by atoms with Gasteiger partial charge in [-0.3, -0.25) is 4.79 Å². The van der Waals surface area contributed by atoms with Crippen LogP contribution in [0.25, 0.3) is 11.0 Å². The van der Waals surface area contributed by atoms with Crippen molar-refractivity contribution in [1.29, 1.82) is 0 Å². The Bertz CT molecular complexity index is 939. The average molecular weight is 369 g/mol. The zero-order chi connectivity index (χ0) is 19.0. The summed E-state index contributed by atoms with van der Waals surface area (Å²) in [5.41, 5.74) is 0.197. The summed E-state index contributed by atoms with van der Waals surface area (Å²) in [7, 11) is 0. The van der Waals surface area contributed by atoms with E-state index in [0.717, 1.165) is 5.52 Å². The molecule has 0 bridgehead atoms. The van der Waals surface area contributed by atoms with E-state index in [9.17, 15) is 26.7 Å². The molecule has 0 aliphatic carbocycles. The minimum atomic E-state index is -2.26. The molecule has 0 unspecified atom stereocenters. The lowest BCUT2D eigenvalue weighted by atomic mass is 10.1. The third-order valence-corrected chi connectivity index (χ3v) is 3.83. The first-order chi connectivity index (χ1) is 12.3. The van der Waals surface area contributed by atoms with E-state index >= 15 is 0 Å². The first-order valence-electron chi connectivity index (χ1n) is 7.54. The van der Waals surface area contributed by atoms with Crippen molar-refractivity contribution in [1.82, 2.24) is 15.3 Å². The molecule has 0 fully saturated rings. The van der Waals surface area contributed by atoms with E-state index in [4.69, 9.17) is 0 Å². The topological polar surface area (TPSA) is 57.8 Å². The van der Waals surface area contributed by atoms with Crippen LogP contribution in [0.3, 0.4) is 0 Å². The summed E-state index contributed by atoms with van der Waals surface area (Å²) in [4.78, 5) is 19.2. The number of amides is 1. The zero-order valence-electron chi connectivity index (χ0n) is 13.3. The average Bonchev–Trinajstić information content (AvgIpc) is 3.06. The number of imidazole rings is 1. The maximum Gasteiger partial charge on any atom is 0.225 e. The third kappa shape index (κ3) is 3.12. The van der Waals surface area contributed by atoms with Crippen LogP contribution in [0.4, 0.5) is 22.0 Å². The molecule has 0 spiro atoms. The molecule has 26 heavy (non-hydrogen) atoms. The Morgan fingerprint density at radius 3 is 2.23 bits per heavy atom.